The first-order chi connectivity index (χ1) is 37.7. The van der Waals surface area contributed by atoms with E-state index in [4.69, 9.17) is 9.97 Å². The zero-order valence-electron chi connectivity index (χ0n) is 41.4. The number of para-hydroxylation sites is 2. The number of aromatic nitrogens is 4. The zero-order chi connectivity index (χ0) is 50.4. The van der Waals surface area contributed by atoms with E-state index in [-0.39, 0.29) is 0 Å². The molecule has 10 aromatic carbocycles. The van der Waals surface area contributed by atoms with Gasteiger partial charge in [0.05, 0.1) is 22.8 Å². The highest BCUT2D eigenvalue weighted by atomic mass is 15.1. The molecule has 0 spiro atoms. The van der Waals surface area contributed by atoms with E-state index in [1.165, 1.54) is 21.5 Å². The van der Waals surface area contributed by atoms with Crippen molar-refractivity contribution in [2.75, 3.05) is 9.80 Å². The number of hydrogen-bond donors (Lipinski definition) is 0. The molecule has 0 aliphatic carbocycles. The fraction of sp³-hybridized carbons (Fsp3) is 0. The summed E-state index contributed by atoms with van der Waals surface area (Å²) in [7, 11) is 0. The lowest BCUT2D eigenvalue weighted by Gasteiger charge is -2.26. The molecule has 0 saturated heterocycles. The molecule has 358 valence electrons. The molecule has 0 fully saturated rings. The molecule has 0 saturated carbocycles. The van der Waals surface area contributed by atoms with Gasteiger partial charge in [0.15, 0.2) is 0 Å². The number of rotatable bonds is 11. The number of hydrogen-bond acceptors (Lipinski definition) is 4. The van der Waals surface area contributed by atoms with Gasteiger partial charge in [0.2, 0.25) is 0 Å². The Morgan fingerprint density at radius 1 is 0.237 bits per heavy atom. The molecule has 0 bridgehead atoms. The molecule has 0 aliphatic heterocycles. The van der Waals surface area contributed by atoms with Crippen LogP contribution in [0.5, 0.6) is 0 Å². The van der Waals surface area contributed by atoms with E-state index in [9.17, 15) is 0 Å². The van der Waals surface area contributed by atoms with Crippen LogP contribution in [-0.2, 0) is 0 Å². The first kappa shape index (κ1) is 44.4. The van der Waals surface area contributed by atoms with Crippen molar-refractivity contribution in [2.45, 2.75) is 0 Å². The van der Waals surface area contributed by atoms with Gasteiger partial charge in [-0.15, -0.1) is 0 Å². The standard InChI is InChI=1S/C70H48N6/c1-3-19-59(20-4-1)75(63-41-33-53(34-42-63)69-67(71-65-23-11-13-45-73(65)69)57-27-25-49-15-7-9-17-55(49)47-57)61-37-29-51(30-38-61)52-31-39-62(40-32-52)76(60-21-5-2-6-22-60)64-43-35-54(36-44-64)70-68(72-66-24-12-14-46-74(66)70)58-28-26-50-16-8-10-18-56(50)48-58/h1-48H. The molecule has 4 heterocycles. The predicted octanol–water partition coefficient (Wildman–Crippen LogP) is 18.6. The van der Waals surface area contributed by atoms with Crippen LogP contribution in [0.1, 0.15) is 0 Å². The Kier molecular flexibility index (Phi) is 11.1. The van der Waals surface area contributed by atoms with Crippen molar-refractivity contribution >= 4 is 67.0 Å². The van der Waals surface area contributed by atoms with Gasteiger partial charge in [-0.3, -0.25) is 8.80 Å². The maximum atomic E-state index is 5.18. The first-order valence-electron chi connectivity index (χ1n) is 25.7. The van der Waals surface area contributed by atoms with Crippen molar-refractivity contribution in [2.24, 2.45) is 0 Å². The fourth-order valence-corrected chi connectivity index (χ4v) is 10.8. The molecule has 14 rings (SSSR count). The molecule has 6 heteroatoms. The van der Waals surface area contributed by atoms with Crippen molar-refractivity contribution in [3.8, 4) is 56.2 Å². The second kappa shape index (κ2) is 19.0. The summed E-state index contributed by atoms with van der Waals surface area (Å²) in [6, 6.07) is 99.3. The highest BCUT2D eigenvalue weighted by molar-refractivity contribution is 5.93. The molecule has 14 aromatic rings. The normalized spacial score (nSPS) is 11.4. The van der Waals surface area contributed by atoms with E-state index in [0.717, 1.165) is 102 Å². The summed E-state index contributed by atoms with van der Waals surface area (Å²) in [6.07, 6.45) is 4.21. The zero-order valence-corrected chi connectivity index (χ0v) is 41.4. The lowest BCUT2D eigenvalue weighted by Crippen LogP contribution is -2.10. The highest BCUT2D eigenvalue weighted by Crippen LogP contribution is 2.42. The first-order valence-corrected chi connectivity index (χ1v) is 25.7. The quantitative estimate of drug-likeness (QED) is 0.129. The van der Waals surface area contributed by atoms with Crippen LogP contribution in [0, 0.1) is 0 Å². The molecule has 6 nitrogen and oxygen atoms in total. The van der Waals surface area contributed by atoms with Crippen LogP contribution in [0.25, 0.3) is 89.0 Å². The van der Waals surface area contributed by atoms with Gasteiger partial charge in [-0.05, 0) is 142 Å². The highest BCUT2D eigenvalue weighted by Gasteiger charge is 2.21. The SMILES string of the molecule is c1ccc(N(c2ccc(-c3ccc(N(c4ccccc4)c4ccc(-c5c(-c6ccc7ccccc7c6)nc6ccccn56)cc4)cc3)cc2)c2ccc(-c3c(-c4ccc5ccccc5c4)nc4ccccn34)cc2)cc1. The Morgan fingerprint density at radius 3 is 0.921 bits per heavy atom. The van der Waals surface area contributed by atoms with Gasteiger partial charge in [0.25, 0.3) is 0 Å². The van der Waals surface area contributed by atoms with E-state index >= 15 is 0 Å². The van der Waals surface area contributed by atoms with Gasteiger partial charge >= 0.3 is 0 Å². The summed E-state index contributed by atoms with van der Waals surface area (Å²) < 4.78 is 4.40. The molecule has 0 amide bonds. The Labute approximate surface area is 441 Å². The van der Waals surface area contributed by atoms with E-state index < -0.39 is 0 Å². The molecular formula is C70H48N6. The fourth-order valence-electron chi connectivity index (χ4n) is 10.8. The van der Waals surface area contributed by atoms with E-state index in [1.807, 2.05) is 12.1 Å². The van der Waals surface area contributed by atoms with Crippen LogP contribution in [0.15, 0.2) is 291 Å². The molecule has 4 aromatic heterocycles. The Morgan fingerprint density at radius 2 is 0.539 bits per heavy atom. The minimum atomic E-state index is 0.914. The van der Waals surface area contributed by atoms with Gasteiger partial charge in [-0.25, -0.2) is 9.97 Å². The Balaban J connectivity index is 0.763. The number of pyridine rings is 2. The largest absolute Gasteiger partial charge is 0.311 e. The summed E-state index contributed by atoms with van der Waals surface area (Å²) in [4.78, 5) is 15.0. The van der Waals surface area contributed by atoms with Crippen LogP contribution in [0.2, 0.25) is 0 Å². The average Bonchev–Trinajstić information content (AvgIpc) is 4.12. The minimum Gasteiger partial charge on any atom is -0.311 e. The third-order valence-electron chi connectivity index (χ3n) is 14.5. The smallest absolute Gasteiger partial charge is 0.137 e. The number of fused-ring (bicyclic) bond motifs is 4. The van der Waals surface area contributed by atoms with Crippen molar-refractivity contribution < 1.29 is 0 Å². The van der Waals surface area contributed by atoms with Gasteiger partial charge < -0.3 is 9.80 Å². The lowest BCUT2D eigenvalue weighted by molar-refractivity contribution is 1.19. The van der Waals surface area contributed by atoms with Crippen molar-refractivity contribution in [3.63, 3.8) is 0 Å². The molecule has 0 aliphatic rings. The molecule has 0 radical (unpaired) electrons. The maximum Gasteiger partial charge on any atom is 0.137 e. The molecule has 0 atom stereocenters. The Hall–Kier alpha value is -10.3. The third kappa shape index (κ3) is 8.11. The van der Waals surface area contributed by atoms with E-state index in [1.54, 1.807) is 0 Å². The third-order valence-corrected chi connectivity index (χ3v) is 14.5. The van der Waals surface area contributed by atoms with Crippen LogP contribution in [0.3, 0.4) is 0 Å². The van der Waals surface area contributed by atoms with Crippen LogP contribution >= 0.6 is 0 Å². The number of nitrogens with zero attached hydrogens (tertiary/aromatic N) is 6. The maximum absolute atomic E-state index is 5.18. The average molecular weight is 973 g/mol. The van der Waals surface area contributed by atoms with Crippen molar-refractivity contribution in [1.82, 2.24) is 18.8 Å². The minimum absolute atomic E-state index is 0.914. The molecule has 0 N–H and O–H groups in total. The molecule has 76 heavy (non-hydrogen) atoms. The summed E-state index contributed by atoms with van der Waals surface area (Å²) in [5.74, 6) is 0. The molecular weight excluding hydrogens is 925 g/mol. The summed E-state index contributed by atoms with van der Waals surface area (Å²) >= 11 is 0. The molecule has 0 unspecified atom stereocenters. The van der Waals surface area contributed by atoms with Crippen molar-refractivity contribution in [1.29, 1.82) is 0 Å². The van der Waals surface area contributed by atoms with Crippen LogP contribution in [-0.4, -0.2) is 18.8 Å². The lowest BCUT2D eigenvalue weighted by atomic mass is 10.0. The van der Waals surface area contributed by atoms with Gasteiger partial charge in [-0.2, -0.15) is 0 Å². The number of anilines is 6. The number of benzene rings is 10. The number of imidazole rings is 2. The second-order valence-corrected chi connectivity index (χ2v) is 19.1. The predicted molar refractivity (Wildman–Crippen MR) is 316 cm³/mol. The monoisotopic (exact) mass is 972 g/mol. The van der Waals surface area contributed by atoms with Crippen molar-refractivity contribution in [3.05, 3.63) is 291 Å². The topological polar surface area (TPSA) is 41.1 Å². The van der Waals surface area contributed by atoms with E-state index in [2.05, 4.69) is 298 Å². The van der Waals surface area contributed by atoms with Gasteiger partial charge in [-0.1, -0.05) is 170 Å². The Bertz CT molecular complexity index is 4090. The second-order valence-electron chi connectivity index (χ2n) is 19.1. The van der Waals surface area contributed by atoms with Crippen LogP contribution < -0.4 is 9.80 Å². The van der Waals surface area contributed by atoms with E-state index in [0.29, 0.717) is 0 Å². The van der Waals surface area contributed by atoms with Gasteiger partial charge in [0, 0.05) is 68.8 Å². The summed E-state index contributed by atoms with van der Waals surface area (Å²) in [5, 5.41) is 4.82. The summed E-state index contributed by atoms with van der Waals surface area (Å²) in [5.41, 5.74) is 18.9. The van der Waals surface area contributed by atoms with Gasteiger partial charge in [0.1, 0.15) is 11.3 Å². The summed E-state index contributed by atoms with van der Waals surface area (Å²) in [6.45, 7) is 0. The van der Waals surface area contributed by atoms with Crippen LogP contribution in [0.4, 0.5) is 34.1 Å².